The lowest BCUT2D eigenvalue weighted by molar-refractivity contribution is -0.122. The summed E-state index contributed by atoms with van der Waals surface area (Å²) in [6.45, 7) is 1.94. The van der Waals surface area contributed by atoms with Crippen molar-refractivity contribution in [2.75, 3.05) is 4.90 Å². The molecule has 2 atom stereocenters. The number of fused-ring (bicyclic) bond motifs is 1. The van der Waals surface area contributed by atoms with Crippen LogP contribution < -0.4 is 4.90 Å². The molecule has 0 N–H and O–H groups in total. The van der Waals surface area contributed by atoms with Gasteiger partial charge in [-0.2, -0.15) is 0 Å². The van der Waals surface area contributed by atoms with Gasteiger partial charge in [-0.3, -0.25) is 9.59 Å². The van der Waals surface area contributed by atoms with E-state index in [0.717, 1.165) is 10.3 Å². The Balaban J connectivity index is 1.41. The predicted molar refractivity (Wildman–Crippen MR) is 125 cm³/mol. The van der Waals surface area contributed by atoms with Crippen molar-refractivity contribution in [3.05, 3.63) is 93.5 Å². The Hall–Kier alpha value is -3.02. The standard InChI is InChI=1S/C26H17ClN2O2S/c1-12-10-19-18(11-17(12)27)28-26(32-19)29-24(30)22-20-13-6-2-3-7-14(13)21(23(22)25(29)31)16-9-5-4-8-15(16)20/h2-11,20-23H,1H3/t20?,21?,22-,23+. The maximum absolute atomic E-state index is 13.8. The van der Waals surface area contributed by atoms with Crippen LogP contribution in [-0.4, -0.2) is 16.8 Å². The molecule has 0 unspecified atom stereocenters. The number of aryl methyl sites for hydroxylation is 1. The molecular formula is C26H17ClN2O2S. The molecule has 156 valence electrons. The van der Waals surface area contributed by atoms with Crippen LogP contribution in [0.25, 0.3) is 10.2 Å². The number of carbonyl (C=O) groups is 2. The van der Waals surface area contributed by atoms with Crippen LogP contribution in [0.1, 0.15) is 39.7 Å². The fourth-order valence-corrected chi connectivity index (χ4v) is 7.21. The van der Waals surface area contributed by atoms with Crippen LogP contribution >= 0.6 is 22.9 Å². The average molecular weight is 457 g/mol. The molecular weight excluding hydrogens is 440 g/mol. The number of imide groups is 1. The molecule has 0 spiro atoms. The SMILES string of the molecule is Cc1cc2sc(N3C(=O)[C@@H]4C5c6ccccc6C(c6ccccc65)[C@@H]4C3=O)nc2cc1Cl. The van der Waals surface area contributed by atoms with Gasteiger partial charge in [-0.25, -0.2) is 9.88 Å². The minimum Gasteiger partial charge on any atom is -0.274 e. The molecule has 8 rings (SSSR count). The third kappa shape index (κ3) is 2.20. The fourth-order valence-electron chi connectivity index (χ4n) is 6.00. The number of aromatic nitrogens is 1. The Bertz CT molecular complexity index is 1340. The van der Waals surface area contributed by atoms with Gasteiger partial charge in [-0.15, -0.1) is 0 Å². The van der Waals surface area contributed by atoms with E-state index in [1.807, 2.05) is 37.3 Å². The maximum Gasteiger partial charge on any atom is 0.240 e. The zero-order chi connectivity index (χ0) is 21.7. The minimum absolute atomic E-state index is 0.107. The summed E-state index contributed by atoms with van der Waals surface area (Å²) in [5, 5.41) is 1.07. The lowest BCUT2D eigenvalue weighted by Crippen LogP contribution is -2.41. The predicted octanol–water partition coefficient (Wildman–Crippen LogP) is 5.65. The maximum atomic E-state index is 13.8. The number of hydrogen-bond donors (Lipinski definition) is 0. The summed E-state index contributed by atoms with van der Waals surface area (Å²) in [5.41, 5.74) is 6.36. The van der Waals surface area contributed by atoms with E-state index in [0.29, 0.717) is 15.7 Å². The first-order valence-corrected chi connectivity index (χ1v) is 11.9. The number of carbonyl (C=O) groups excluding carboxylic acids is 2. The number of thiazole rings is 1. The van der Waals surface area contributed by atoms with Crippen LogP contribution in [-0.2, 0) is 9.59 Å². The first-order chi connectivity index (χ1) is 15.5. The second-order valence-corrected chi connectivity index (χ2v) is 10.3. The van der Waals surface area contributed by atoms with Crippen molar-refractivity contribution in [1.82, 2.24) is 4.98 Å². The van der Waals surface area contributed by atoms with Gasteiger partial charge in [0.25, 0.3) is 0 Å². The summed E-state index contributed by atoms with van der Waals surface area (Å²) in [6, 6.07) is 20.3. The van der Waals surface area contributed by atoms with Gasteiger partial charge >= 0.3 is 0 Å². The zero-order valence-electron chi connectivity index (χ0n) is 17.1. The molecule has 2 amide bonds. The lowest BCUT2D eigenvalue weighted by Gasteiger charge is -2.45. The third-order valence-electron chi connectivity index (χ3n) is 7.30. The highest BCUT2D eigenvalue weighted by molar-refractivity contribution is 7.22. The van der Waals surface area contributed by atoms with Gasteiger partial charge in [0.1, 0.15) is 0 Å². The summed E-state index contributed by atoms with van der Waals surface area (Å²) >= 11 is 7.66. The molecule has 1 fully saturated rings. The molecule has 1 aliphatic heterocycles. The topological polar surface area (TPSA) is 50.3 Å². The molecule has 32 heavy (non-hydrogen) atoms. The van der Waals surface area contributed by atoms with E-state index < -0.39 is 11.8 Å². The highest BCUT2D eigenvalue weighted by Crippen LogP contribution is 2.61. The average Bonchev–Trinajstić information content (AvgIpc) is 3.31. The van der Waals surface area contributed by atoms with Gasteiger partial charge in [0.2, 0.25) is 11.8 Å². The summed E-state index contributed by atoms with van der Waals surface area (Å²) in [4.78, 5) is 33.6. The molecule has 0 radical (unpaired) electrons. The van der Waals surface area contributed by atoms with Crippen LogP contribution in [0.4, 0.5) is 5.13 Å². The molecule has 6 heteroatoms. The monoisotopic (exact) mass is 456 g/mol. The van der Waals surface area contributed by atoms with Gasteiger partial charge in [-0.05, 0) is 46.9 Å². The lowest BCUT2D eigenvalue weighted by atomic mass is 9.55. The van der Waals surface area contributed by atoms with Crippen LogP contribution in [0, 0.1) is 18.8 Å². The Kier molecular flexibility index (Phi) is 3.63. The second-order valence-electron chi connectivity index (χ2n) is 8.84. The molecule has 4 aliphatic rings. The Morgan fingerprint density at radius 2 is 1.34 bits per heavy atom. The number of halogens is 1. The zero-order valence-corrected chi connectivity index (χ0v) is 18.7. The van der Waals surface area contributed by atoms with Crippen LogP contribution in [0.2, 0.25) is 5.02 Å². The molecule has 4 nitrogen and oxygen atoms in total. The van der Waals surface area contributed by atoms with Gasteiger partial charge in [0.05, 0.1) is 22.1 Å². The fraction of sp³-hybridized carbons (Fsp3) is 0.192. The normalized spacial score (nSPS) is 25.2. The van der Waals surface area contributed by atoms with Crippen LogP contribution in [0.5, 0.6) is 0 Å². The van der Waals surface area contributed by atoms with Crippen molar-refractivity contribution < 1.29 is 9.59 Å². The third-order valence-corrected chi connectivity index (χ3v) is 8.71. The number of amides is 2. The summed E-state index contributed by atoms with van der Waals surface area (Å²) in [6.07, 6.45) is 0. The molecule has 1 aromatic heterocycles. The smallest absolute Gasteiger partial charge is 0.240 e. The largest absolute Gasteiger partial charge is 0.274 e. The van der Waals surface area contributed by atoms with E-state index in [1.165, 1.54) is 38.5 Å². The van der Waals surface area contributed by atoms with Crippen molar-refractivity contribution in [1.29, 1.82) is 0 Å². The van der Waals surface area contributed by atoms with Gasteiger partial charge in [0.15, 0.2) is 5.13 Å². The van der Waals surface area contributed by atoms with E-state index >= 15 is 0 Å². The number of nitrogens with zero attached hydrogens (tertiary/aromatic N) is 2. The Labute approximate surface area is 193 Å². The van der Waals surface area contributed by atoms with Crippen molar-refractivity contribution in [2.24, 2.45) is 11.8 Å². The molecule has 2 bridgehead atoms. The van der Waals surface area contributed by atoms with Crippen LogP contribution in [0.15, 0.2) is 60.7 Å². The number of rotatable bonds is 1. The Morgan fingerprint density at radius 1 is 0.844 bits per heavy atom. The second kappa shape index (κ2) is 6.27. The molecule has 4 aromatic rings. The van der Waals surface area contributed by atoms with Crippen molar-refractivity contribution in [2.45, 2.75) is 18.8 Å². The molecule has 0 saturated carbocycles. The van der Waals surface area contributed by atoms with E-state index in [1.54, 1.807) is 6.07 Å². The molecule has 1 saturated heterocycles. The van der Waals surface area contributed by atoms with Gasteiger partial charge < -0.3 is 0 Å². The minimum atomic E-state index is -0.394. The van der Waals surface area contributed by atoms with Crippen LogP contribution in [0.3, 0.4) is 0 Å². The summed E-state index contributed by atoms with van der Waals surface area (Å²) < 4.78 is 0.923. The van der Waals surface area contributed by atoms with E-state index in [2.05, 4.69) is 29.2 Å². The van der Waals surface area contributed by atoms with E-state index in [4.69, 9.17) is 11.6 Å². The van der Waals surface area contributed by atoms with E-state index in [-0.39, 0.29) is 23.7 Å². The number of benzene rings is 3. The molecule has 2 heterocycles. The van der Waals surface area contributed by atoms with Gasteiger partial charge in [0, 0.05) is 16.9 Å². The Morgan fingerprint density at radius 3 is 1.84 bits per heavy atom. The highest BCUT2D eigenvalue weighted by Gasteiger charge is 2.62. The van der Waals surface area contributed by atoms with Gasteiger partial charge in [-0.1, -0.05) is 71.5 Å². The van der Waals surface area contributed by atoms with Crippen molar-refractivity contribution >= 4 is 50.1 Å². The first kappa shape index (κ1) is 18.5. The summed E-state index contributed by atoms with van der Waals surface area (Å²) in [7, 11) is 0. The number of hydrogen-bond acceptors (Lipinski definition) is 4. The quantitative estimate of drug-likeness (QED) is 0.347. The highest BCUT2D eigenvalue weighted by atomic mass is 35.5. The first-order valence-electron chi connectivity index (χ1n) is 10.7. The van der Waals surface area contributed by atoms with Crippen molar-refractivity contribution in [3.63, 3.8) is 0 Å². The van der Waals surface area contributed by atoms with E-state index in [9.17, 15) is 9.59 Å². The molecule has 3 aromatic carbocycles. The molecule has 3 aliphatic carbocycles. The summed E-state index contributed by atoms with van der Waals surface area (Å²) in [5.74, 6) is -1.28. The van der Waals surface area contributed by atoms with Crippen molar-refractivity contribution in [3.8, 4) is 0 Å². The number of anilines is 1.